The number of likely N-dealkylation sites (tertiary alicyclic amines) is 1. The van der Waals surface area contributed by atoms with Crippen LogP contribution in [0.5, 0.6) is 11.5 Å². The summed E-state index contributed by atoms with van der Waals surface area (Å²) in [6.45, 7) is 3.40. The Hall–Kier alpha value is -1.75. The van der Waals surface area contributed by atoms with Crippen LogP contribution in [0.3, 0.4) is 0 Å². The molecule has 2 rings (SSSR count). The Morgan fingerprint density at radius 3 is 2.64 bits per heavy atom. The van der Waals surface area contributed by atoms with Crippen LogP contribution in [0.15, 0.2) is 18.2 Å². The van der Waals surface area contributed by atoms with E-state index < -0.39 is 0 Å². The summed E-state index contributed by atoms with van der Waals surface area (Å²) in [4.78, 5) is 14.1. The number of hydrogen-bond donors (Lipinski definition) is 1. The first kappa shape index (κ1) is 16.6. The van der Waals surface area contributed by atoms with Gasteiger partial charge in [0.25, 0.3) is 0 Å². The number of carbonyl (C=O) groups is 1. The van der Waals surface area contributed by atoms with Gasteiger partial charge in [-0.3, -0.25) is 4.79 Å². The van der Waals surface area contributed by atoms with Gasteiger partial charge >= 0.3 is 0 Å². The summed E-state index contributed by atoms with van der Waals surface area (Å²) in [6, 6.07) is 5.95. The molecule has 122 valence electrons. The number of piperidine rings is 1. The molecule has 0 saturated carbocycles. The van der Waals surface area contributed by atoms with Gasteiger partial charge in [0, 0.05) is 31.5 Å². The van der Waals surface area contributed by atoms with Crippen LogP contribution in [0.1, 0.15) is 37.7 Å². The number of hydrogen-bond acceptors (Lipinski definition) is 4. The van der Waals surface area contributed by atoms with Gasteiger partial charge in [0.15, 0.2) is 11.5 Å². The van der Waals surface area contributed by atoms with Crippen LogP contribution in [-0.2, 0) is 4.79 Å². The fourth-order valence-corrected chi connectivity index (χ4v) is 3.06. The van der Waals surface area contributed by atoms with Crippen molar-refractivity contribution in [3.63, 3.8) is 0 Å². The summed E-state index contributed by atoms with van der Waals surface area (Å²) in [6.07, 6.45) is 2.34. The van der Waals surface area contributed by atoms with Gasteiger partial charge in [-0.2, -0.15) is 0 Å². The predicted molar refractivity (Wildman–Crippen MR) is 86.4 cm³/mol. The number of carbonyl (C=O) groups excluding carboxylic acids is 1. The van der Waals surface area contributed by atoms with Crippen molar-refractivity contribution in [2.24, 2.45) is 5.73 Å². The molecule has 0 bridgehead atoms. The zero-order chi connectivity index (χ0) is 16.1. The number of nitrogens with two attached hydrogens (primary N) is 1. The fourth-order valence-electron chi connectivity index (χ4n) is 3.06. The van der Waals surface area contributed by atoms with Gasteiger partial charge in [-0.25, -0.2) is 0 Å². The molecule has 1 amide bonds. The monoisotopic (exact) mass is 306 g/mol. The average Bonchev–Trinajstić information content (AvgIpc) is 2.53. The number of rotatable bonds is 5. The molecule has 1 aromatic carbocycles. The zero-order valence-electron chi connectivity index (χ0n) is 13.7. The molecular formula is C17H26N2O3. The highest BCUT2D eigenvalue weighted by Crippen LogP contribution is 2.34. The van der Waals surface area contributed by atoms with E-state index in [1.165, 1.54) is 0 Å². The summed E-state index contributed by atoms with van der Waals surface area (Å²) in [5.74, 6) is 1.86. The number of amides is 1. The molecule has 22 heavy (non-hydrogen) atoms. The first-order chi connectivity index (χ1) is 10.6. The van der Waals surface area contributed by atoms with Crippen LogP contribution in [0, 0.1) is 0 Å². The van der Waals surface area contributed by atoms with Crippen LogP contribution in [0.25, 0.3) is 0 Å². The Labute approximate surface area is 132 Å². The van der Waals surface area contributed by atoms with E-state index in [1.54, 1.807) is 14.2 Å². The lowest BCUT2D eigenvalue weighted by atomic mass is 9.88. The number of ether oxygens (including phenoxy) is 2. The van der Waals surface area contributed by atoms with Gasteiger partial charge in [-0.1, -0.05) is 13.0 Å². The SMILES string of the molecule is CCCC(=O)N1CC(N)CC(c2ccc(OC)c(OC)c2)C1. The lowest BCUT2D eigenvalue weighted by Gasteiger charge is -2.36. The highest BCUT2D eigenvalue weighted by molar-refractivity contribution is 5.76. The Morgan fingerprint density at radius 1 is 1.27 bits per heavy atom. The van der Waals surface area contributed by atoms with Crippen molar-refractivity contribution in [3.8, 4) is 11.5 Å². The molecule has 0 aliphatic carbocycles. The molecule has 1 aliphatic heterocycles. The minimum Gasteiger partial charge on any atom is -0.493 e. The van der Waals surface area contributed by atoms with E-state index >= 15 is 0 Å². The van der Waals surface area contributed by atoms with Gasteiger partial charge in [-0.15, -0.1) is 0 Å². The Balaban J connectivity index is 2.18. The second kappa shape index (κ2) is 7.49. The molecule has 5 nitrogen and oxygen atoms in total. The number of benzene rings is 1. The molecule has 5 heteroatoms. The molecular weight excluding hydrogens is 280 g/mol. The first-order valence-electron chi connectivity index (χ1n) is 7.84. The fraction of sp³-hybridized carbons (Fsp3) is 0.588. The topological polar surface area (TPSA) is 64.8 Å². The van der Waals surface area contributed by atoms with Gasteiger partial charge in [-0.05, 0) is 30.5 Å². The standard InChI is InChI=1S/C17H26N2O3/c1-4-5-17(20)19-10-13(8-14(18)11-19)12-6-7-15(21-2)16(9-12)22-3/h6-7,9,13-14H,4-5,8,10-11,18H2,1-3H3. The molecule has 1 aromatic rings. The molecule has 0 spiro atoms. The third kappa shape index (κ3) is 3.71. The molecule has 1 heterocycles. The van der Waals surface area contributed by atoms with Gasteiger partial charge < -0.3 is 20.1 Å². The van der Waals surface area contributed by atoms with Crippen LogP contribution < -0.4 is 15.2 Å². The van der Waals surface area contributed by atoms with E-state index in [0.717, 1.165) is 24.9 Å². The van der Waals surface area contributed by atoms with Gasteiger partial charge in [0.05, 0.1) is 14.2 Å². The molecule has 0 radical (unpaired) electrons. The molecule has 2 N–H and O–H groups in total. The summed E-state index contributed by atoms with van der Waals surface area (Å²) >= 11 is 0. The molecule has 1 aliphatic rings. The maximum Gasteiger partial charge on any atom is 0.222 e. The highest BCUT2D eigenvalue weighted by Gasteiger charge is 2.29. The minimum atomic E-state index is 0.0210. The van der Waals surface area contributed by atoms with Crippen molar-refractivity contribution in [1.29, 1.82) is 0 Å². The molecule has 2 unspecified atom stereocenters. The lowest BCUT2D eigenvalue weighted by Crippen LogP contribution is -2.48. The first-order valence-corrected chi connectivity index (χ1v) is 7.84. The van der Waals surface area contributed by atoms with Crippen molar-refractivity contribution in [1.82, 2.24) is 4.90 Å². The number of methoxy groups -OCH3 is 2. The third-order valence-corrected chi connectivity index (χ3v) is 4.18. The quantitative estimate of drug-likeness (QED) is 0.905. The Morgan fingerprint density at radius 2 is 2.00 bits per heavy atom. The normalized spacial score (nSPS) is 21.5. The molecule has 2 atom stereocenters. The van der Waals surface area contributed by atoms with Gasteiger partial charge in [0.2, 0.25) is 5.91 Å². The lowest BCUT2D eigenvalue weighted by molar-refractivity contribution is -0.132. The Bertz CT molecular complexity index is 519. The maximum atomic E-state index is 12.2. The molecule has 0 aromatic heterocycles. The molecule has 1 saturated heterocycles. The second-order valence-electron chi connectivity index (χ2n) is 5.86. The van der Waals surface area contributed by atoms with E-state index in [-0.39, 0.29) is 17.9 Å². The second-order valence-corrected chi connectivity index (χ2v) is 5.86. The largest absolute Gasteiger partial charge is 0.493 e. The van der Waals surface area contributed by atoms with Crippen molar-refractivity contribution in [2.75, 3.05) is 27.3 Å². The van der Waals surface area contributed by atoms with Crippen LogP contribution >= 0.6 is 0 Å². The third-order valence-electron chi connectivity index (χ3n) is 4.18. The highest BCUT2D eigenvalue weighted by atomic mass is 16.5. The maximum absolute atomic E-state index is 12.2. The summed E-state index contributed by atoms with van der Waals surface area (Å²) in [5, 5.41) is 0. The van der Waals surface area contributed by atoms with Crippen molar-refractivity contribution >= 4 is 5.91 Å². The van der Waals surface area contributed by atoms with Crippen molar-refractivity contribution in [2.45, 2.75) is 38.1 Å². The number of nitrogens with zero attached hydrogens (tertiary/aromatic N) is 1. The van der Waals surface area contributed by atoms with E-state index in [1.807, 2.05) is 30.0 Å². The zero-order valence-corrected chi connectivity index (χ0v) is 13.7. The average molecular weight is 306 g/mol. The summed E-state index contributed by atoms with van der Waals surface area (Å²) in [7, 11) is 3.25. The predicted octanol–water partition coefficient (Wildman–Crippen LogP) is 2.15. The smallest absolute Gasteiger partial charge is 0.222 e. The van der Waals surface area contributed by atoms with Gasteiger partial charge in [0.1, 0.15) is 0 Å². The van der Waals surface area contributed by atoms with E-state index in [2.05, 4.69) is 0 Å². The van der Waals surface area contributed by atoms with E-state index in [0.29, 0.717) is 24.5 Å². The van der Waals surface area contributed by atoms with Crippen molar-refractivity contribution < 1.29 is 14.3 Å². The van der Waals surface area contributed by atoms with Crippen LogP contribution in [0.2, 0.25) is 0 Å². The Kier molecular flexibility index (Phi) is 5.66. The minimum absolute atomic E-state index is 0.0210. The van der Waals surface area contributed by atoms with Crippen LogP contribution in [0.4, 0.5) is 0 Å². The summed E-state index contributed by atoms with van der Waals surface area (Å²) < 4.78 is 10.6. The molecule has 1 fully saturated rings. The van der Waals surface area contributed by atoms with E-state index in [9.17, 15) is 4.79 Å². The van der Waals surface area contributed by atoms with E-state index in [4.69, 9.17) is 15.2 Å². The van der Waals surface area contributed by atoms with Crippen LogP contribution in [-0.4, -0.2) is 44.2 Å². The summed E-state index contributed by atoms with van der Waals surface area (Å²) in [5.41, 5.74) is 7.30. The van der Waals surface area contributed by atoms with Crippen molar-refractivity contribution in [3.05, 3.63) is 23.8 Å².